The Labute approximate surface area is 135 Å². The fourth-order valence-electron chi connectivity index (χ4n) is 2.47. The zero-order chi connectivity index (χ0) is 15.8. The SMILES string of the molecule is CC(C)(C)OC(=O)NC1(c2cscc2Br)CC(C(=O)O)C1. The van der Waals surface area contributed by atoms with Crippen LogP contribution in [0, 0.1) is 5.92 Å². The summed E-state index contributed by atoms with van der Waals surface area (Å²) in [6.07, 6.45) is 0.220. The molecular formula is C14H18BrNO4S. The molecule has 1 aliphatic rings. The molecule has 0 aliphatic heterocycles. The molecule has 0 bridgehead atoms. The molecule has 1 heterocycles. The first-order chi connectivity index (χ1) is 9.63. The summed E-state index contributed by atoms with van der Waals surface area (Å²) in [7, 11) is 0. The van der Waals surface area contributed by atoms with Crippen LogP contribution in [0.4, 0.5) is 4.79 Å². The number of rotatable bonds is 3. The number of hydrogen-bond acceptors (Lipinski definition) is 4. The van der Waals surface area contributed by atoms with Crippen LogP contribution in [-0.4, -0.2) is 22.8 Å². The third-order valence-corrected chi connectivity index (χ3v) is 5.11. The Kier molecular flexibility index (Phi) is 4.35. The second kappa shape index (κ2) is 5.61. The highest BCUT2D eigenvalue weighted by Crippen LogP contribution is 2.49. The molecule has 0 spiro atoms. The molecule has 1 saturated carbocycles. The van der Waals surface area contributed by atoms with Crippen LogP contribution >= 0.6 is 27.3 Å². The number of carbonyl (C=O) groups is 2. The molecule has 0 radical (unpaired) electrons. The number of hydrogen-bond donors (Lipinski definition) is 2. The Balaban J connectivity index is 2.18. The maximum absolute atomic E-state index is 12.1. The quantitative estimate of drug-likeness (QED) is 0.843. The number of carboxylic acids is 1. The van der Waals surface area contributed by atoms with Gasteiger partial charge in [-0.2, -0.15) is 11.3 Å². The topological polar surface area (TPSA) is 75.6 Å². The highest BCUT2D eigenvalue weighted by Gasteiger charge is 2.51. The molecule has 0 aromatic carbocycles. The van der Waals surface area contributed by atoms with E-state index in [9.17, 15) is 9.59 Å². The highest BCUT2D eigenvalue weighted by atomic mass is 79.9. The van der Waals surface area contributed by atoms with Crippen molar-refractivity contribution < 1.29 is 19.4 Å². The predicted molar refractivity (Wildman–Crippen MR) is 83.4 cm³/mol. The summed E-state index contributed by atoms with van der Waals surface area (Å²) in [6.45, 7) is 5.38. The van der Waals surface area contributed by atoms with Crippen molar-refractivity contribution in [1.82, 2.24) is 5.32 Å². The van der Waals surface area contributed by atoms with E-state index < -0.39 is 29.1 Å². The number of alkyl carbamates (subject to hydrolysis) is 1. The fraction of sp³-hybridized carbons (Fsp3) is 0.571. The molecular weight excluding hydrogens is 358 g/mol. The van der Waals surface area contributed by atoms with Gasteiger partial charge < -0.3 is 15.2 Å². The molecule has 1 aliphatic carbocycles. The summed E-state index contributed by atoms with van der Waals surface area (Å²) >= 11 is 4.96. The second-order valence-electron chi connectivity index (χ2n) is 6.29. The summed E-state index contributed by atoms with van der Waals surface area (Å²) in [5.74, 6) is -1.27. The van der Waals surface area contributed by atoms with E-state index in [2.05, 4.69) is 21.2 Å². The third kappa shape index (κ3) is 3.58. The van der Waals surface area contributed by atoms with Crippen LogP contribution in [0.5, 0.6) is 0 Å². The summed E-state index contributed by atoms with van der Waals surface area (Å²) in [5, 5.41) is 15.8. The zero-order valence-corrected chi connectivity index (χ0v) is 14.5. The lowest BCUT2D eigenvalue weighted by Crippen LogP contribution is -2.57. The molecule has 0 saturated heterocycles. The Bertz CT molecular complexity index is 558. The van der Waals surface area contributed by atoms with Crippen LogP contribution in [0.2, 0.25) is 0 Å². The van der Waals surface area contributed by atoms with Crippen molar-refractivity contribution in [3.05, 3.63) is 20.8 Å². The van der Waals surface area contributed by atoms with E-state index in [0.717, 1.165) is 10.0 Å². The van der Waals surface area contributed by atoms with E-state index in [1.54, 1.807) is 20.8 Å². The van der Waals surface area contributed by atoms with Gasteiger partial charge in [-0.3, -0.25) is 4.79 Å². The van der Waals surface area contributed by atoms with Crippen LogP contribution in [0.25, 0.3) is 0 Å². The molecule has 2 rings (SSSR count). The van der Waals surface area contributed by atoms with Crippen LogP contribution in [0.1, 0.15) is 39.2 Å². The van der Waals surface area contributed by atoms with E-state index in [0.29, 0.717) is 12.8 Å². The first-order valence-corrected chi connectivity index (χ1v) is 8.33. The van der Waals surface area contributed by atoms with Gasteiger partial charge in [-0.05, 0) is 54.9 Å². The van der Waals surface area contributed by atoms with Crippen LogP contribution in [-0.2, 0) is 15.1 Å². The van der Waals surface area contributed by atoms with Gasteiger partial charge in [0.2, 0.25) is 0 Å². The lowest BCUT2D eigenvalue weighted by molar-refractivity contribution is -0.148. The van der Waals surface area contributed by atoms with E-state index in [-0.39, 0.29) is 0 Å². The van der Waals surface area contributed by atoms with E-state index in [4.69, 9.17) is 9.84 Å². The monoisotopic (exact) mass is 375 g/mol. The van der Waals surface area contributed by atoms with Crippen LogP contribution in [0.3, 0.4) is 0 Å². The number of carbonyl (C=O) groups excluding carboxylic acids is 1. The molecule has 116 valence electrons. The predicted octanol–water partition coefficient (Wildman–Crippen LogP) is 3.73. The van der Waals surface area contributed by atoms with Gasteiger partial charge in [-0.15, -0.1) is 0 Å². The van der Waals surface area contributed by atoms with Crippen molar-refractivity contribution in [2.24, 2.45) is 5.92 Å². The maximum atomic E-state index is 12.1. The Morgan fingerprint density at radius 1 is 1.43 bits per heavy atom. The average Bonchev–Trinajstić information content (AvgIpc) is 2.66. The van der Waals surface area contributed by atoms with E-state index in [1.807, 2.05) is 10.8 Å². The minimum absolute atomic E-state index is 0.372. The van der Waals surface area contributed by atoms with Gasteiger partial charge in [0.05, 0.1) is 11.5 Å². The fourth-order valence-corrected chi connectivity index (χ4v) is 4.24. The van der Waals surface area contributed by atoms with Gasteiger partial charge >= 0.3 is 12.1 Å². The lowest BCUT2D eigenvalue weighted by atomic mass is 9.65. The summed E-state index contributed by atoms with van der Waals surface area (Å²) in [6, 6.07) is 0. The summed E-state index contributed by atoms with van der Waals surface area (Å²) in [4.78, 5) is 23.1. The van der Waals surface area contributed by atoms with Crippen molar-refractivity contribution >= 4 is 39.3 Å². The number of aliphatic carboxylic acids is 1. The summed E-state index contributed by atoms with van der Waals surface area (Å²) < 4.78 is 6.18. The van der Waals surface area contributed by atoms with Crippen molar-refractivity contribution in [3.63, 3.8) is 0 Å². The largest absolute Gasteiger partial charge is 0.481 e. The number of amides is 1. The number of ether oxygens (including phenoxy) is 1. The minimum atomic E-state index is -0.831. The second-order valence-corrected chi connectivity index (χ2v) is 7.88. The Hall–Kier alpha value is -1.08. The van der Waals surface area contributed by atoms with Crippen LogP contribution in [0.15, 0.2) is 15.2 Å². The molecule has 5 nitrogen and oxygen atoms in total. The van der Waals surface area contributed by atoms with Gasteiger partial charge in [0.15, 0.2) is 0 Å². The number of thiophene rings is 1. The zero-order valence-electron chi connectivity index (χ0n) is 12.1. The first kappa shape index (κ1) is 16.3. The van der Waals surface area contributed by atoms with Gasteiger partial charge in [-0.1, -0.05) is 0 Å². The maximum Gasteiger partial charge on any atom is 0.408 e. The number of carboxylic acid groups (broad SMARTS) is 1. The van der Waals surface area contributed by atoms with Gasteiger partial charge in [0.1, 0.15) is 5.60 Å². The molecule has 1 aromatic heterocycles. The normalized spacial score (nSPS) is 25.0. The molecule has 2 N–H and O–H groups in total. The number of nitrogens with one attached hydrogen (secondary N) is 1. The molecule has 7 heteroatoms. The van der Waals surface area contributed by atoms with Crippen LogP contribution < -0.4 is 5.32 Å². The molecule has 1 amide bonds. The van der Waals surface area contributed by atoms with E-state index in [1.165, 1.54) is 11.3 Å². The van der Waals surface area contributed by atoms with Crippen molar-refractivity contribution in [3.8, 4) is 0 Å². The average molecular weight is 376 g/mol. The molecule has 0 atom stereocenters. The minimum Gasteiger partial charge on any atom is -0.481 e. The molecule has 1 fully saturated rings. The Morgan fingerprint density at radius 3 is 2.48 bits per heavy atom. The van der Waals surface area contributed by atoms with E-state index >= 15 is 0 Å². The van der Waals surface area contributed by atoms with Crippen molar-refractivity contribution in [1.29, 1.82) is 0 Å². The standard InChI is InChI=1S/C14H18BrNO4S/c1-13(2,3)20-12(19)16-14(4-8(5-14)11(17)18)9-6-21-7-10(9)15/h6-8H,4-5H2,1-3H3,(H,16,19)(H,17,18). The van der Waals surface area contributed by atoms with Crippen molar-refractivity contribution in [2.75, 3.05) is 0 Å². The highest BCUT2D eigenvalue weighted by molar-refractivity contribution is 9.10. The summed E-state index contributed by atoms with van der Waals surface area (Å²) in [5.41, 5.74) is -0.340. The first-order valence-electron chi connectivity index (χ1n) is 6.59. The third-order valence-electron chi connectivity index (χ3n) is 3.41. The smallest absolute Gasteiger partial charge is 0.408 e. The van der Waals surface area contributed by atoms with Gasteiger partial charge in [0, 0.05) is 15.4 Å². The molecule has 21 heavy (non-hydrogen) atoms. The Morgan fingerprint density at radius 2 is 2.05 bits per heavy atom. The molecule has 1 aromatic rings. The lowest BCUT2D eigenvalue weighted by Gasteiger charge is -2.46. The molecule has 0 unspecified atom stereocenters. The van der Waals surface area contributed by atoms with Gasteiger partial charge in [-0.25, -0.2) is 4.79 Å². The van der Waals surface area contributed by atoms with Gasteiger partial charge in [0.25, 0.3) is 0 Å². The number of halogens is 1. The van der Waals surface area contributed by atoms with Crippen molar-refractivity contribution in [2.45, 2.75) is 44.8 Å².